The van der Waals surface area contributed by atoms with E-state index in [1.165, 1.54) is 4.31 Å². The van der Waals surface area contributed by atoms with Gasteiger partial charge in [0.15, 0.2) is 5.96 Å². The number of hydrogen-bond acceptors (Lipinski definition) is 5. The Morgan fingerprint density at radius 2 is 1.87 bits per heavy atom. The lowest BCUT2D eigenvalue weighted by Crippen LogP contribution is -2.52. The van der Waals surface area contributed by atoms with Gasteiger partial charge >= 0.3 is 0 Å². The first-order valence-corrected chi connectivity index (χ1v) is 12.1. The Morgan fingerprint density at radius 1 is 1.20 bits per heavy atom. The van der Waals surface area contributed by atoms with Gasteiger partial charge in [-0.1, -0.05) is 32.0 Å². The van der Waals surface area contributed by atoms with Crippen LogP contribution in [-0.2, 0) is 21.3 Å². The zero-order valence-electron chi connectivity index (χ0n) is 18.9. The summed E-state index contributed by atoms with van der Waals surface area (Å²) in [7, 11) is -0.434. The number of aliphatic imine (C=N–C) groups is 1. The highest BCUT2D eigenvalue weighted by atomic mass is 32.2. The molecule has 0 aromatic heterocycles. The Bertz CT molecular complexity index is 790. The van der Waals surface area contributed by atoms with Crippen LogP contribution in [0.2, 0.25) is 0 Å². The van der Waals surface area contributed by atoms with Gasteiger partial charge in [-0.05, 0) is 24.5 Å². The van der Waals surface area contributed by atoms with Crippen LogP contribution in [0.3, 0.4) is 0 Å². The van der Waals surface area contributed by atoms with Gasteiger partial charge in [0.05, 0.1) is 24.7 Å². The maximum Gasteiger partial charge on any atom is 0.242 e. The first-order valence-electron chi connectivity index (χ1n) is 10.6. The van der Waals surface area contributed by atoms with Gasteiger partial charge in [0.1, 0.15) is 0 Å². The van der Waals surface area contributed by atoms with Gasteiger partial charge in [-0.2, -0.15) is 0 Å². The van der Waals surface area contributed by atoms with Crippen molar-refractivity contribution in [2.45, 2.75) is 38.3 Å². The van der Waals surface area contributed by atoms with E-state index in [1.807, 2.05) is 19.1 Å². The monoisotopic (exact) mass is 439 g/mol. The number of rotatable bonds is 9. The SMILES string of the molecule is CCNC(=NCc1ccccc1S(=O)(=O)N(C)C)NCC(C(C)C)N1CCOCC1. The molecule has 1 aromatic rings. The van der Waals surface area contributed by atoms with E-state index in [9.17, 15) is 8.42 Å². The molecule has 1 aliphatic rings. The van der Waals surface area contributed by atoms with Gasteiger partial charge < -0.3 is 15.4 Å². The molecule has 1 fully saturated rings. The number of guanidine groups is 1. The van der Waals surface area contributed by atoms with E-state index < -0.39 is 10.0 Å². The summed E-state index contributed by atoms with van der Waals surface area (Å²) in [6.45, 7) is 11.7. The molecule has 2 N–H and O–H groups in total. The Labute approximate surface area is 181 Å². The normalized spacial score (nSPS) is 17.4. The number of hydrogen-bond donors (Lipinski definition) is 2. The van der Waals surface area contributed by atoms with Crippen LogP contribution in [-0.4, -0.2) is 83.1 Å². The number of benzene rings is 1. The Balaban J connectivity index is 2.13. The van der Waals surface area contributed by atoms with Gasteiger partial charge in [0, 0.05) is 46.3 Å². The van der Waals surface area contributed by atoms with Crippen molar-refractivity contribution in [3.8, 4) is 0 Å². The van der Waals surface area contributed by atoms with E-state index in [1.54, 1.807) is 26.2 Å². The molecule has 0 saturated carbocycles. The lowest BCUT2D eigenvalue weighted by atomic mass is 10.0. The molecule has 1 atom stereocenters. The summed E-state index contributed by atoms with van der Waals surface area (Å²) >= 11 is 0. The second-order valence-electron chi connectivity index (χ2n) is 7.93. The van der Waals surface area contributed by atoms with Gasteiger partial charge in [0.25, 0.3) is 0 Å². The molecule has 0 amide bonds. The maximum absolute atomic E-state index is 12.6. The van der Waals surface area contributed by atoms with Crippen LogP contribution in [0.4, 0.5) is 0 Å². The van der Waals surface area contributed by atoms with Crippen molar-refractivity contribution < 1.29 is 13.2 Å². The second kappa shape index (κ2) is 11.6. The maximum atomic E-state index is 12.6. The van der Waals surface area contributed by atoms with Gasteiger partial charge in [-0.15, -0.1) is 0 Å². The summed E-state index contributed by atoms with van der Waals surface area (Å²) in [5.74, 6) is 1.18. The summed E-state index contributed by atoms with van der Waals surface area (Å²) in [5.41, 5.74) is 0.678. The van der Waals surface area contributed by atoms with Crippen molar-refractivity contribution in [3.63, 3.8) is 0 Å². The molecule has 1 aromatic carbocycles. The van der Waals surface area contributed by atoms with Crippen LogP contribution in [0, 0.1) is 5.92 Å². The lowest BCUT2D eigenvalue weighted by Gasteiger charge is -2.37. The minimum Gasteiger partial charge on any atom is -0.379 e. The Kier molecular flexibility index (Phi) is 9.54. The topological polar surface area (TPSA) is 86.3 Å². The number of morpholine rings is 1. The van der Waals surface area contributed by atoms with Crippen LogP contribution in [0.15, 0.2) is 34.2 Å². The van der Waals surface area contributed by atoms with E-state index in [2.05, 4.69) is 34.4 Å². The van der Waals surface area contributed by atoms with Crippen LogP contribution >= 0.6 is 0 Å². The molecule has 170 valence electrons. The van der Waals surface area contributed by atoms with Crippen LogP contribution in [0.25, 0.3) is 0 Å². The largest absolute Gasteiger partial charge is 0.379 e. The molecule has 2 rings (SSSR count). The lowest BCUT2D eigenvalue weighted by molar-refractivity contribution is 0.00752. The van der Waals surface area contributed by atoms with E-state index in [-0.39, 0.29) is 6.54 Å². The minimum absolute atomic E-state index is 0.280. The van der Waals surface area contributed by atoms with E-state index >= 15 is 0 Å². The predicted octanol–water partition coefficient (Wildman–Crippen LogP) is 1.35. The standard InChI is InChI=1S/C21H37N5O3S/c1-6-22-21(24-16-19(17(2)3)26-11-13-29-14-12-26)23-15-18-9-7-8-10-20(18)30(27,28)25(4)5/h7-10,17,19H,6,11-16H2,1-5H3,(H2,22,23,24). The van der Waals surface area contributed by atoms with Crippen molar-refractivity contribution in [1.29, 1.82) is 0 Å². The fourth-order valence-electron chi connectivity index (χ4n) is 3.49. The highest BCUT2D eigenvalue weighted by Gasteiger charge is 2.24. The highest BCUT2D eigenvalue weighted by Crippen LogP contribution is 2.19. The van der Waals surface area contributed by atoms with Crippen molar-refractivity contribution in [2.75, 3.05) is 53.5 Å². The Morgan fingerprint density at radius 3 is 2.47 bits per heavy atom. The summed E-state index contributed by atoms with van der Waals surface area (Å²) in [5, 5.41) is 6.71. The zero-order chi connectivity index (χ0) is 22.1. The molecule has 0 spiro atoms. The molecule has 1 unspecified atom stereocenters. The molecule has 8 nitrogen and oxygen atoms in total. The van der Waals surface area contributed by atoms with Crippen LogP contribution in [0.1, 0.15) is 26.3 Å². The third-order valence-corrected chi connectivity index (χ3v) is 7.16. The molecule has 1 aliphatic heterocycles. The van der Waals surface area contributed by atoms with Gasteiger partial charge in [-0.3, -0.25) is 4.90 Å². The molecule has 30 heavy (non-hydrogen) atoms. The minimum atomic E-state index is -3.51. The average Bonchev–Trinajstić information content (AvgIpc) is 2.72. The smallest absolute Gasteiger partial charge is 0.242 e. The molecular formula is C21H37N5O3S. The highest BCUT2D eigenvalue weighted by molar-refractivity contribution is 7.89. The summed E-state index contributed by atoms with van der Waals surface area (Å²) in [6, 6.07) is 7.40. The summed E-state index contributed by atoms with van der Waals surface area (Å²) < 4.78 is 32.0. The third-order valence-electron chi connectivity index (χ3n) is 5.25. The molecular weight excluding hydrogens is 402 g/mol. The molecule has 1 heterocycles. The molecule has 1 saturated heterocycles. The van der Waals surface area contributed by atoms with Crippen LogP contribution in [0.5, 0.6) is 0 Å². The third kappa shape index (κ3) is 6.66. The predicted molar refractivity (Wildman–Crippen MR) is 121 cm³/mol. The van der Waals surface area contributed by atoms with Crippen molar-refractivity contribution in [3.05, 3.63) is 29.8 Å². The fraction of sp³-hybridized carbons (Fsp3) is 0.667. The first-order chi connectivity index (χ1) is 14.3. The zero-order valence-corrected chi connectivity index (χ0v) is 19.7. The van der Waals surface area contributed by atoms with E-state index in [0.717, 1.165) is 39.4 Å². The summed E-state index contributed by atoms with van der Waals surface area (Å²) in [6.07, 6.45) is 0. The first kappa shape index (κ1) is 24.6. The number of ether oxygens (including phenoxy) is 1. The van der Waals surface area contributed by atoms with Crippen molar-refractivity contribution in [1.82, 2.24) is 19.8 Å². The van der Waals surface area contributed by atoms with Crippen molar-refractivity contribution >= 4 is 16.0 Å². The molecule has 0 bridgehead atoms. The summed E-state index contributed by atoms with van der Waals surface area (Å²) in [4.78, 5) is 7.42. The van der Waals surface area contributed by atoms with Gasteiger partial charge in [0.2, 0.25) is 10.0 Å². The second-order valence-corrected chi connectivity index (χ2v) is 10.1. The van der Waals surface area contributed by atoms with Crippen LogP contribution < -0.4 is 10.6 Å². The number of nitrogens with one attached hydrogen (secondary N) is 2. The fourth-order valence-corrected chi connectivity index (χ4v) is 4.59. The Hall–Kier alpha value is -1.68. The number of sulfonamides is 1. The quantitative estimate of drug-likeness (QED) is 0.446. The molecule has 0 aliphatic carbocycles. The van der Waals surface area contributed by atoms with Gasteiger partial charge in [-0.25, -0.2) is 17.7 Å². The number of nitrogens with zero attached hydrogens (tertiary/aromatic N) is 3. The molecule has 9 heteroatoms. The average molecular weight is 440 g/mol. The van der Waals surface area contributed by atoms with Crippen molar-refractivity contribution in [2.24, 2.45) is 10.9 Å². The molecule has 0 radical (unpaired) electrons. The van der Waals surface area contributed by atoms with E-state index in [4.69, 9.17) is 4.74 Å². The van der Waals surface area contributed by atoms with E-state index in [0.29, 0.717) is 28.4 Å².